The molecule has 4 heterocycles. The van der Waals surface area contributed by atoms with Gasteiger partial charge >= 0.3 is 0 Å². The Morgan fingerprint density at radius 2 is 2.06 bits per heavy atom. The minimum absolute atomic E-state index is 0.251. The van der Waals surface area contributed by atoms with Gasteiger partial charge in [-0.15, -0.1) is 0 Å². The van der Waals surface area contributed by atoms with E-state index in [-0.39, 0.29) is 17.9 Å². The molecule has 0 saturated heterocycles. The van der Waals surface area contributed by atoms with Crippen LogP contribution in [0.1, 0.15) is 24.4 Å². The van der Waals surface area contributed by atoms with Crippen molar-refractivity contribution in [3.8, 4) is 11.5 Å². The van der Waals surface area contributed by atoms with Crippen LogP contribution in [0.25, 0.3) is 28.1 Å². The Bertz CT molecular complexity index is 1530. The summed E-state index contributed by atoms with van der Waals surface area (Å²) in [7, 11) is 1.62. The molecule has 1 aliphatic rings. The van der Waals surface area contributed by atoms with Gasteiger partial charge in [0.15, 0.2) is 0 Å². The van der Waals surface area contributed by atoms with Crippen LogP contribution in [0, 0.1) is 0 Å². The van der Waals surface area contributed by atoms with Gasteiger partial charge in [-0.3, -0.25) is 18.7 Å². The van der Waals surface area contributed by atoms with Crippen LogP contribution < -0.4 is 5.56 Å². The van der Waals surface area contributed by atoms with Gasteiger partial charge in [-0.25, -0.2) is 4.98 Å². The van der Waals surface area contributed by atoms with Gasteiger partial charge in [-0.05, 0) is 43.2 Å². The van der Waals surface area contributed by atoms with Crippen LogP contribution in [-0.2, 0) is 16.9 Å². The quantitative estimate of drug-likeness (QED) is 0.406. The lowest BCUT2D eigenvalue weighted by Crippen LogP contribution is -2.24. The van der Waals surface area contributed by atoms with E-state index in [0.29, 0.717) is 27.6 Å². The molecule has 6 rings (SSSR count). The normalized spacial score (nSPS) is 14.9. The molecule has 0 atom stereocenters. The van der Waals surface area contributed by atoms with Crippen molar-refractivity contribution in [2.24, 2.45) is 0 Å². The number of aromatic nitrogens is 6. The largest absolute Gasteiger partial charge is 0.368 e. The zero-order valence-corrected chi connectivity index (χ0v) is 17.8. The summed E-state index contributed by atoms with van der Waals surface area (Å²) in [5, 5.41) is 4.62. The third-order valence-corrected chi connectivity index (χ3v) is 6.11. The fraction of sp³-hybridized carbons (Fsp3) is 0.227. The van der Waals surface area contributed by atoms with E-state index in [2.05, 4.69) is 20.1 Å². The summed E-state index contributed by atoms with van der Waals surface area (Å²) < 4.78 is 14.4. The molecule has 160 valence electrons. The molecule has 1 aliphatic carbocycles. The zero-order valence-electron chi connectivity index (χ0n) is 17.0. The van der Waals surface area contributed by atoms with Gasteiger partial charge in [0.2, 0.25) is 5.82 Å². The third kappa shape index (κ3) is 2.85. The minimum Gasteiger partial charge on any atom is -0.368 e. The number of benzene rings is 1. The lowest BCUT2D eigenvalue weighted by atomic mass is 10.2. The number of hydrogen-bond acceptors (Lipinski definition) is 7. The standard InChI is InChI=1S/C22H17ClN6O3/c1-31-22(7-8-22)21-26-19(27-32-21)17-18-20(30)28(11-14-4-2-3-9-24-14)16-10-13(23)5-6-15(16)29(18)12-25-17/h2-6,9-10,12H,7-8,11H2,1H3. The molecule has 10 heteroatoms. The molecule has 0 unspecified atom stereocenters. The van der Waals surface area contributed by atoms with Crippen LogP contribution in [-0.4, -0.2) is 36.2 Å². The maximum absolute atomic E-state index is 13.7. The van der Waals surface area contributed by atoms with Gasteiger partial charge in [0.25, 0.3) is 11.4 Å². The van der Waals surface area contributed by atoms with Crippen LogP contribution in [0.4, 0.5) is 0 Å². The number of methoxy groups -OCH3 is 1. The Morgan fingerprint density at radius 3 is 2.81 bits per heavy atom. The molecule has 1 fully saturated rings. The second-order valence-corrected chi connectivity index (χ2v) is 8.22. The first-order valence-electron chi connectivity index (χ1n) is 10.1. The molecule has 4 aromatic heterocycles. The maximum atomic E-state index is 13.7. The predicted octanol–water partition coefficient (Wildman–Crippen LogP) is 3.43. The number of pyridine rings is 1. The lowest BCUT2D eigenvalue weighted by Gasteiger charge is -2.12. The number of hydrogen-bond donors (Lipinski definition) is 0. The molecule has 32 heavy (non-hydrogen) atoms. The monoisotopic (exact) mass is 448 g/mol. The van der Waals surface area contributed by atoms with Crippen molar-refractivity contribution in [2.75, 3.05) is 7.11 Å². The summed E-state index contributed by atoms with van der Waals surface area (Å²) in [5.74, 6) is 0.651. The molecule has 5 aromatic rings. The third-order valence-electron chi connectivity index (χ3n) is 5.87. The summed E-state index contributed by atoms with van der Waals surface area (Å²) in [4.78, 5) is 27.0. The number of nitrogens with zero attached hydrogens (tertiary/aromatic N) is 6. The molecular weight excluding hydrogens is 432 g/mol. The van der Waals surface area contributed by atoms with Gasteiger partial charge < -0.3 is 9.26 Å². The van der Waals surface area contributed by atoms with Gasteiger partial charge in [0, 0.05) is 18.3 Å². The Balaban J connectivity index is 1.59. The molecule has 9 nitrogen and oxygen atoms in total. The van der Waals surface area contributed by atoms with Crippen LogP contribution >= 0.6 is 11.6 Å². The van der Waals surface area contributed by atoms with Crippen molar-refractivity contribution in [1.29, 1.82) is 0 Å². The molecule has 0 bridgehead atoms. The average molecular weight is 449 g/mol. The van der Waals surface area contributed by atoms with Crippen molar-refractivity contribution in [3.63, 3.8) is 0 Å². The van der Waals surface area contributed by atoms with E-state index in [1.807, 2.05) is 24.3 Å². The fourth-order valence-electron chi connectivity index (χ4n) is 3.99. The topological polar surface area (TPSA) is 100 Å². The molecule has 1 saturated carbocycles. The van der Waals surface area contributed by atoms with Gasteiger partial charge in [-0.1, -0.05) is 22.8 Å². The maximum Gasteiger partial charge on any atom is 0.278 e. The van der Waals surface area contributed by atoms with Crippen LogP contribution in [0.5, 0.6) is 0 Å². The van der Waals surface area contributed by atoms with Crippen molar-refractivity contribution in [1.82, 2.24) is 29.1 Å². The van der Waals surface area contributed by atoms with Crippen LogP contribution in [0.3, 0.4) is 0 Å². The Labute approximate surface area is 186 Å². The Hall–Kier alpha value is -3.56. The summed E-state index contributed by atoms with van der Waals surface area (Å²) in [6.45, 7) is 0.280. The Morgan fingerprint density at radius 1 is 1.19 bits per heavy atom. The molecule has 0 spiro atoms. The molecule has 0 radical (unpaired) electrons. The highest BCUT2D eigenvalue weighted by Gasteiger charge is 2.50. The number of rotatable bonds is 5. The van der Waals surface area contributed by atoms with Crippen molar-refractivity contribution in [2.45, 2.75) is 25.0 Å². The van der Waals surface area contributed by atoms with Gasteiger partial charge in [0.05, 0.1) is 23.3 Å². The predicted molar refractivity (Wildman–Crippen MR) is 117 cm³/mol. The van der Waals surface area contributed by atoms with Crippen LogP contribution in [0.2, 0.25) is 5.02 Å². The summed E-state index contributed by atoms with van der Waals surface area (Å²) >= 11 is 6.26. The fourth-order valence-corrected chi connectivity index (χ4v) is 4.15. The first-order valence-corrected chi connectivity index (χ1v) is 10.5. The first-order chi connectivity index (χ1) is 15.6. The SMILES string of the molecule is COC1(c2nc(-c3ncn4c3c(=O)n(Cc3ccccn3)c3cc(Cl)ccc34)no2)CC1. The highest BCUT2D eigenvalue weighted by Crippen LogP contribution is 2.48. The van der Waals surface area contributed by atoms with Crippen molar-refractivity contribution in [3.05, 3.63) is 75.9 Å². The Kier molecular flexibility index (Phi) is 4.17. The zero-order chi connectivity index (χ0) is 21.9. The highest BCUT2D eigenvalue weighted by molar-refractivity contribution is 6.31. The second kappa shape index (κ2) is 6.98. The summed E-state index contributed by atoms with van der Waals surface area (Å²) in [5.41, 5.74) is 2.13. The average Bonchev–Trinajstić information content (AvgIpc) is 3.23. The molecule has 1 aromatic carbocycles. The molecule has 0 amide bonds. The molecule has 0 aliphatic heterocycles. The van der Waals surface area contributed by atoms with E-state index >= 15 is 0 Å². The van der Waals surface area contributed by atoms with E-state index in [9.17, 15) is 4.79 Å². The lowest BCUT2D eigenvalue weighted by molar-refractivity contribution is 0.0492. The number of ether oxygens (including phenoxy) is 1. The second-order valence-electron chi connectivity index (χ2n) is 7.78. The molecule has 0 N–H and O–H groups in total. The molecular formula is C22H17ClN6O3. The van der Waals surface area contributed by atoms with E-state index in [4.69, 9.17) is 20.9 Å². The van der Waals surface area contributed by atoms with Crippen molar-refractivity contribution >= 4 is 28.2 Å². The van der Waals surface area contributed by atoms with Gasteiger partial charge in [-0.2, -0.15) is 4.98 Å². The van der Waals surface area contributed by atoms with Crippen molar-refractivity contribution < 1.29 is 9.26 Å². The number of halogens is 1. The van der Waals surface area contributed by atoms with E-state index in [0.717, 1.165) is 24.1 Å². The number of fused-ring (bicyclic) bond motifs is 3. The van der Waals surface area contributed by atoms with E-state index in [1.54, 1.807) is 40.7 Å². The van der Waals surface area contributed by atoms with Crippen LogP contribution in [0.15, 0.2) is 58.2 Å². The van der Waals surface area contributed by atoms with Gasteiger partial charge in [0.1, 0.15) is 23.1 Å². The first kappa shape index (κ1) is 19.1. The minimum atomic E-state index is -0.524. The van der Waals surface area contributed by atoms with E-state index in [1.165, 1.54) is 0 Å². The number of imidazole rings is 1. The van der Waals surface area contributed by atoms with E-state index < -0.39 is 5.60 Å². The smallest absolute Gasteiger partial charge is 0.278 e. The summed E-state index contributed by atoms with van der Waals surface area (Å²) in [6.07, 6.45) is 4.92. The highest BCUT2D eigenvalue weighted by atomic mass is 35.5. The summed E-state index contributed by atoms with van der Waals surface area (Å²) in [6, 6.07) is 11.0.